The van der Waals surface area contributed by atoms with Gasteiger partial charge in [-0.05, 0) is 47.2 Å². The molecule has 136 valence electrons. The Balaban J connectivity index is 1.47. The fraction of sp³-hybridized carbons (Fsp3) is 0.474. The molecule has 1 aliphatic rings. The van der Waals surface area contributed by atoms with Crippen LogP contribution in [0.3, 0.4) is 0 Å². The number of nitrogens with zero attached hydrogens (tertiary/aromatic N) is 5. The van der Waals surface area contributed by atoms with Crippen molar-refractivity contribution in [3.63, 3.8) is 0 Å². The second-order valence-corrected chi connectivity index (χ2v) is 7.93. The first-order valence-corrected chi connectivity index (χ1v) is 10.0. The lowest BCUT2D eigenvalue weighted by Gasteiger charge is -2.21. The highest BCUT2D eigenvalue weighted by molar-refractivity contribution is 9.10. The lowest BCUT2D eigenvalue weighted by Crippen LogP contribution is -2.22. The summed E-state index contributed by atoms with van der Waals surface area (Å²) in [7, 11) is 0. The quantitative estimate of drug-likeness (QED) is 0.650. The predicted molar refractivity (Wildman–Crippen MR) is 106 cm³/mol. The van der Waals surface area contributed by atoms with Crippen molar-refractivity contribution in [3.05, 3.63) is 41.3 Å². The molecule has 1 aliphatic heterocycles. The van der Waals surface area contributed by atoms with Gasteiger partial charge in [-0.25, -0.2) is 19.9 Å². The van der Waals surface area contributed by atoms with Gasteiger partial charge in [0, 0.05) is 37.6 Å². The van der Waals surface area contributed by atoms with E-state index in [1.54, 1.807) is 6.33 Å². The van der Waals surface area contributed by atoms with E-state index < -0.39 is 0 Å². The summed E-state index contributed by atoms with van der Waals surface area (Å²) in [5.41, 5.74) is 0.908. The van der Waals surface area contributed by atoms with Crippen molar-refractivity contribution in [2.75, 3.05) is 18.0 Å². The normalized spacial score (nSPS) is 18.5. The SMILES string of the molecule is CCCC(C[C@@H]1CCN(c2ncnc3[nH]ccc23)C1)c1ncc(Br)cn1. The molecular weight excluding hydrogens is 392 g/mol. The molecule has 0 saturated carbocycles. The van der Waals surface area contributed by atoms with Crippen LogP contribution in [0.4, 0.5) is 5.82 Å². The van der Waals surface area contributed by atoms with E-state index in [1.165, 1.54) is 6.42 Å². The highest BCUT2D eigenvalue weighted by atomic mass is 79.9. The third-order valence-electron chi connectivity index (χ3n) is 5.18. The Hall–Kier alpha value is -2.02. The zero-order valence-corrected chi connectivity index (χ0v) is 16.5. The Morgan fingerprint density at radius 1 is 1.27 bits per heavy atom. The minimum Gasteiger partial charge on any atom is -0.356 e. The van der Waals surface area contributed by atoms with Crippen LogP contribution >= 0.6 is 15.9 Å². The molecule has 3 aromatic heterocycles. The maximum absolute atomic E-state index is 4.55. The van der Waals surface area contributed by atoms with Crippen molar-refractivity contribution < 1.29 is 0 Å². The number of aromatic nitrogens is 5. The van der Waals surface area contributed by atoms with Crippen LogP contribution in [-0.4, -0.2) is 38.0 Å². The van der Waals surface area contributed by atoms with Gasteiger partial charge in [0.25, 0.3) is 0 Å². The van der Waals surface area contributed by atoms with Crippen molar-refractivity contribution in [1.82, 2.24) is 24.9 Å². The van der Waals surface area contributed by atoms with E-state index in [-0.39, 0.29) is 0 Å². The van der Waals surface area contributed by atoms with Gasteiger partial charge in [0.2, 0.25) is 0 Å². The molecule has 4 heterocycles. The van der Waals surface area contributed by atoms with Gasteiger partial charge in [-0.2, -0.15) is 0 Å². The topological polar surface area (TPSA) is 70.6 Å². The van der Waals surface area contributed by atoms with E-state index in [4.69, 9.17) is 0 Å². The monoisotopic (exact) mass is 414 g/mol. The highest BCUT2D eigenvalue weighted by Crippen LogP contribution is 2.34. The van der Waals surface area contributed by atoms with Gasteiger partial charge in [0.1, 0.15) is 23.6 Å². The zero-order chi connectivity index (χ0) is 17.9. The van der Waals surface area contributed by atoms with Gasteiger partial charge < -0.3 is 9.88 Å². The Morgan fingerprint density at radius 2 is 2.12 bits per heavy atom. The molecule has 1 unspecified atom stereocenters. The summed E-state index contributed by atoms with van der Waals surface area (Å²) in [6.07, 6.45) is 11.9. The van der Waals surface area contributed by atoms with Gasteiger partial charge >= 0.3 is 0 Å². The van der Waals surface area contributed by atoms with E-state index in [0.29, 0.717) is 11.8 Å². The van der Waals surface area contributed by atoms with Crippen LogP contribution in [0.25, 0.3) is 11.0 Å². The standard InChI is InChI=1S/C19H23BrN6/c1-2-3-14(17-22-9-15(20)10-23-17)8-13-5-7-26(11-13)19-16-4-6-21-18(16)24-12-25-19/h4,6,9-10,12-14H,2-3,5,7-8,11H2,1H3,(H,21,24,25)/t13-,14?/m0/s1. The Kier molecular flexibility index (Phi) is 5.15. The third kappa shape index (κ3) is 3.58. The zero-order valence-electron chi connectivity index (χ0n) is 14.9. The first-order valence-electron chi connectivity index (χ1n) is 9.25. The van der Waals surface area contributed by atoms with E-state index in [1.807, 2.05) is 18.6 Å². The van der Waals surface area contributed by atoms with Gasteiger partial charge in [0.05, 0.1) is 9.86 Å². The Morgan fingerprint density at radius 3 is 2.92 bits per heavy atom. The lowest BCUT2D eigenvalue weighted by atomic mass is 9.90. The summed E-state index contributed by atoms with van der Waals surface area (Å²) in [6, 6.07) is 2.06. The van der Waals surface area contributed by atoms with Crippen LogP contribution < -0.4 is 4.90 Å². The molecule has 7 heteroatoms. The highest BCUT2D eigenvalue weighted by Gasteiger charge is 2.28. The number of rotatable bonds is 6. The molecule has 1 saturated heterocycles. The largest absolute Gasteiger partial charge is 0.356 e. The van der Waals surface area contributed by atoms with Crippen LogP contribution in [0, 0.1) is 5.92 Å². The number of aromatic amines is 1. The number of hydrogen-bond acceptors (Lipinski definition) is 5. The number of H-pyrrole nitrogens is 1. The summed E-state index contributed by atoms with van der Waals surface area (Å²) in [4.78, 5) is 23.5. The number of nitrogens with one attached hydrogen (secondary N) is 1. The van der Waals surface area contributed by atoms with Crippen LogP contribution in [-0.2, 0) is 0 Å². The van der Waals surface area contributed by atoms with Gasteiger partial charge in [0.15, 0.2) is 0 Å². The molecule has 1 fully saturated rings. The molecule has 0 aliphatic carbocycles. The Bertz CT molecular complexity index is 862. The summed E-state index contributed by atoms with van der Waals surface area (Å²) in [5.74, 6) is 3.09. The smallest absolute Gasteiger partial charge is 0.142 e. The van der Waals surface area contributed by atoms with Crippen LogP contribution in [0.15, 0.2) is 35.5 Å². The molecule has 26 heavy (non-hydrogen) atoms. The van der Waals surface area contributed by atoms with Gasteiger partial charge in [-0.3, -0.25) is 0 Å². The molecule has 0 spiro atoms. The van der Waals surface area contributed by atoms with Gasteiger partial charge in [-0.15, -0.1) is 0 Å². The molecule has 0 radical (unpaired) electrons. The predicted octanol–water partition coefficient (Wildman–Crippen LogP) is 4.31. The first-order chi connectivity index (χ1) is 12.7. The number of fused-ring (bicyclic) bond motifs is 1. The number of hydrogen-bond donors (Lipinski definition) is 1. The maximum Gasteiger partial charge on any atom is 0.142 e. The molecule has 0 aromatic carbocycles. The minimum atomic E-state index is 0.427. The molecule has 6 nitrogen and oxygen atoms in total. The average molecular weight is 415 g/mol. The molecule has 1 N–H and O–H groups in total. The van der Waals surface area contributed by atoms with E-state index in [2.05, 4.69) is 58.7 Å². The number of anilines is 1. The molecular formula is C19H23BrN6. The molecule has 0 amide bonds. The fourth-order valence-electron chi connectivity index (χ4n) is 3.96. The van der Waals surface area contributed by atoms with Crippen molar-refractivity contribution in [2.24, 2.45) is 5.92 Å². The van der Waals surface area contributed by atoms with Crippen molar-refractivity contribution in [1.29, 1.82) is 0 Å². The van der Waals surface area contributed by atoms with Crippen molar-refractivity contribution in [2.45, 2.75) is 38.5 Å². The average Bonchev–Trinajstić information content (AvgIpc) is 3.31. The minimum absolute atomic E-state index is 0.427. The van der Waals surface area contributed by atoms with Crippen LogP contribution in [0.1, 0.15) is 44.3 Å². The molecule has 4 rings (SSSR count). The second kappa shape index (κ2) is 7.70. The van der Waals surface area contributed by atoms with Crippen LogP contribution in [0.2, 0.25) is 0 Å². The fourth-order valence-corrected chi connectivity index (χ4v) is 4.17. The van der Waals surface area contributed by atoms with E-state index in [0.717, 1.165) is 59.5 Å². The van der Waals surface area contributed by atoms with E-state index in [9.17, 15) is 0 Å². The molecule has 2 atom stereocenters. The number of halogens is 1. The van der Waals surface area contributed by atoms with E-state index >= 15 is 0 Å². The summed E-state index contributed by atoms with van der Waals surface area (Å²) < 4.78 is 0.933. The summed E-state index contributed by atoms with van der Waals surface area (Å²) in [5, 5.41) is 1.11. The Labute approximate surface area is 161 Å². The van der Waals surface area contributed by atoms with Crippen molar-refractivity contribution >= 4 is 32.8 Å². The maximum atomic E-state index is 4.55. The summed E-state index contributed by atoms with van der Waals surface area (Å²) >= 11 is 3.43. The third-order valence-corrected chi connectivity index (χ3v) is 5.59. The first kappa shape index (κ1) is 17.4. The van der Waals surface area contributed by atoms with Crippen LogP contribution in [0.5, 0.6) is 0 Å². The molecule has 0 bridgehead atoms. The second-order valence-electron chi connectivity index (χ2n) is 7.02. The van der Waals surface area contributed by atoms with Crippen molar-refractivity contribution in [3.8, 4) is 0 Å². The van der Waals surface area contributed by atoms with Gasteiger partial charge in [-0.1, -0.05) is 13.3 Å². The summed E-state index contributed by atoms with van der Waals surface area (Å²) in [6.45, 7) is 4.31. The lowest BCUT2D eigenvalue weighted by molar-refractivity contribution is 0.433. The molecule has 3 aromatic rings.